The van der Waals surface area contributed by atoms with Crippen LogP contribution in [0, 0.1) is 0 Å². The number of nitrogen functional groups attached to an aromatic ring is 2. The van der Waals surface area contributed by atoms with Gasteiger partial charge in [0.25, 0.3) is 0 Å². The number of fused-ring (bicyclic) bond motifs is 2. The van der Waals surface area contributed by atoms with Gasteiger partial charge in [0.2, 0.25) is 0 Å². The Labute approximate surface area is 143 Å². The van der Waals surface area contributed by atoms with Crippen molar-refractivity contribution < 1.29 is 14.3 Å². The van der Waals surface area contributed by atoms with Crippen LogP contribution in [0.25, 0.3) is 33.1 Å². The third kappa shape index (κ3) is 2.42. The molecule has 0 saturated carbocycles. The van der Waals surface area contributed by atoms with Crippen LogP contribution in [0.2, 0.25) is 0 Å². The highest BCUT2D eigenvalue weighted by molar-refractivity contribution is 6.12. The van der Waals surface area contributed by atoms with Gasteiger partial charge in [-0.2, -0.15) is 0 Å². The first kappa shape index (κ1) is 15.0. The van der Waals surface area contributed by atoms with E-state index < -0.39 is 5.97 Å². The van der Waals surface area contributed by atoms with Crippen molar-refractivity contribution in [2.45, 2.75) is 0 Å². The number of carboxylic acids is 1. The Hall–Kier alpha value is -3.60. The first-order valence-electron chi connectivity index (χ1n) is 7.72. The van der Waals surface area contributed by atoms with Gasteiger partial charge in [-0.3, -0.25) is 0 Å². The summed E-state index contributed by atoms with van der Waals surface area (Å²) in [5.41, 5.74) is 15.7. The molecule has 0 bridgehead atoms. The zero-order valence-electron chi connectivity index (χ0n) is 13.2. The molecule has 0 aliphatic rings. The summed E-state index contributed by atoms with van der Waals surface area (Å²) in [6.45, 7) is 0. The monoisotopic (exact) mass is 331 g/mol. The van der Waals surface area contributed by atoms with Crippen LogP contribution in [0.1, 0.15) is 10.4 Å². The fourth-order valence-electron chi connectivity index (χ4n) is 3.10. The van der Waals surface area contributed by atoms with E-state index in [0.717, 1.165) is 16.3 Å². The molecule has 25 heavy (non-hydrogen) atoms. The molecule has 1 heterocycles. The second-order valence-corrected chi connectivity index (χ2v) is 5.84. The van der Waals surface area contributed by atoms with E-state index in [1.165, 1.54) is 0 Å². The molecule has 122 valence electrons. The molecule has 5 nitrogen and oxygen atoms in total. The number of hydrogen-bond donors (Lipinski definition) is 3. The largest absolute Gasteiger partial charge is 0.478 e. The van der Waals surface area contributed by atoms with Crippen molar-refractivity contribution in [3.8, 4) is 11.1 Å². The van der Waals surface area contributed by atoms with Gasteiger partial charge in [0.15, 0.2) is 0 Å². The van der Waals surface area contributed by atoms with Gasteiger partial charge in [0.1, 0.15) is 0 Å². The molecule has 1 aromatic heterocycles. The number of nitrogens with two attached hydrogens (primary N) is 2. The van der Waals surface area contributed by atoms with Crippen molar-refractivity contribution in [2.75, 3.05) is 11.5 Å². The zero-order valence-corrected chi connectivity index (χ0v) is 13.2. The molecule has 4 aromatic rings. The lowest BCUT2D eigenvalue weighted by Crippen LogP contribution is -2.00. The van der Waals surface area contributed by atoms with E-state index in [1.807, 2.05) is 18.2 Å². The molecule has 0 radical (unpaired) electrons. The average Bonchev–Trinajstić information content (AvgIpc) is 2.59. The van der Waals surface area contributed by atoms with E-state index in [-0.39, 0.29) is 5.56 Å². The van der Waals surface area contributed by atoms with Crippen LogP contribution in [-0.4, -0.2) is 11.1 Å². The summed E-state index contributed by atoms with van der Waals surface area (Å²) in [5.74, 6) is -0.983. The first-order valence-corrected chi connectivity index (χ1v) is 7.72. The minimum absolute atomic E-state index is 0.227. The Morgan fingerprint density at radius 2 is 1.40 bits per heavy atom. The van der Waals surface area contributed by atoms with E-state index in [2.05, 4.69) is 0 Å². The summed E-state index contributed by atoms with van der Waals surface area (Å²) < 4.78 is 5.96. The summed E-state index contributed by atoms with van der Waals surface area (Å²) in [7, 11) is 0. The van der Waals surface area contributed by atoms with Crippen molar-refractivity contribution in [1.82, 2.24) is 0 Å². The van der Waals surface area contributed by atoms with Gasteiger partial charge < -0.3 is 16.6 Å². The van der Waals surface area contributed by atoms with E-state index in [9.17, 15) is 9.90 Å². The third-order valence-corrected chi connectivity index (χ3v) is 4.20. The fourth-order valence-corrected chi connectivity index (χ4v) is 3.10. The molecule has 0 unspecified atom stereocenters. The maximum Gasteiger partial charge on any atom is 0.363 e. The lowest BCUT2D eigenvalue weighted by atomic mass is 9.93. The van der Waals surface area contributed by atoms with Gasteiger partial charge in [-0.25, -0.2) is 9.21 Å². The molecule has 4 rings (SSSR count). The van der Waals surface area contributed by atoms with Crippen LogP contribution in [0.15, 0.2) is 65.1 Å². The highest BCUT2D eigenvalue weighted by Gasteiger charge is 2.23. The van der Waals surface area contributed by atoms with Gasteiger partial charge in [0, 0.05) is 16.9 Å². The normalized spacial score (nSPS) is 11.0. The average molecular weight is 331 g/mol. The molecule has 3 aromatic carbocycles. The van der Waals surface area contributed by atoms with E-state index in [0.29, 0.717) is 28.1 Å². The van der Waals surface area contributed by atoms with Gasteiger partial charge >= 0.3 is 17.1 Å². The van der Waals surface area contributed by atoms with Gasteiger partial charge in [-0.05, 0) is 35.9 Å². The van der Waals surface area contributed by atoms with Crippen molar-refractivity contribution in [3.05, 3.63) is 66.2 Å². The summed E-state index contributed by atoms with van der Waals surface area (Å²) in [6.07, 6.45) is 0. The zero-order chi connectivity index (χ0) is 17.6. The number of aromatic carboxylic acids is 1. The maximum atomic E-state index is 11.7. The number of hydrogen-bond acceptors (Lipinski definition) is 3. The van der Waals surface area contributed by atoms with Crippen molar-refractivity contribution in [3.63, 3.8) is 0 Å². The molecular weight excluding hydrogens is 316 g/mol. The molecular formula is C20H15N2O3+. The predicted molar refractivity (Wildman–Crippen MR) is 99.3 cm³/mol. The Bertz CT molecular complexity index is 1090. The summed E-state index contributed by atoms with van der Waals surface area (Å²) in [4.78, 5) is 11.7. The highest BCUT2D eigenvalue weighted by atomic mass is 16.4. The predicted octanol–water partition coefficient (Wildman–Crippen LogP) is 4.40. The van der Waals surface area contributed by atoms with Crippen LogP contribution in [0.3, 0.4) is 0 Å². The number of carbonyl (C=O) groups is 1. The first-order chi connectivity index (χ1) is 12.0. The molecule has 0 aliphatic carbocycles. The number of carboxylic acid groups (broad SMARTS) is 1. The Morgan fingerprint density at radius 1 is 0.840 bits per heavy atom. The molecule has 0 amide bonds. The molecule has 0 spiro atoms. The molecule has 5 heteroatoms. The van der Waals surface area contributed by atoms with Crippen LogP contribution in [0.4, 0.5) is 11.4 Å². The summed E-state index contributed by atoms with van der Waals surface area (Å²) in [6, 6.07) is 17.6. The Morgan fingerprint density at radius 3 is 1.96 bits per heavy atom. The second-order valence-electron chi connectivity index (χ2n) is 5.84. The highest BCUT2D eigenvalue weighted by Crippen LogP contribution is 2.39. The molecule has 0 aliphatic heterocycles. The molecule has 5 N–H and O–H groups in total. The fraction of sp³-hybridized carbons (Fsp3) is 0. The molecule has 0 saturated heterocycles. The van der Waals surface area contributed by atoms with E-state index in [4.69, 9.17) is 15.9 Å². The van der Waals surface area contributed by atoms with Crippen LogP contribution in [-0.2, 0) is 0 Å². The van der Waals surface area contributed by atoms with Gasteiger partial charge in [-0.1, -0.05) is 18.2 Å². The van der Waals surface area contributed by atoms with Crippen molar-refractivity contribution >= 4 is 39.3 Å². The standard InChI is InChI=1S/C20H14N2O3/c21-11-5-7-15-17(9-11)25-18-10-12(22)6-8-16(18)19(15)13-3-1-2-4-14(13)20(23)24/h1-10H,21-22H2/p+1. The number of benzene rings is 3. The third-order valence-electron chi connectivity index (χ3n) is 4.20. The SMILES string of the molecule is Nc1ccc2c(-c3ccccc3C(=O)O)c3ccc(N)cc3[o+]c2c1. The van der Waals surface area contributed by atoms with Crippen LogP contribution in [0.5, 0.6) is 0 Å². The van der Waals surface area contributed by atoms with Crippen LogP contribution < -0.4 is 11.5 Å². The molecule has 0 fully saturated rings. The topological polar surface area (TPSA) is 101 Å². The van der Waals surface area contributed by atoms with Crippen molar-refractivity contribution in [2.24, 2.45) is 0 Å². The smallest absolute Gasteiger partial charge is 0.363 e. The van der Waals surface area contributed by atoms with Gasteiger partial charge in [-0.15, -0.1) is 0 Å². The van der Waals surface area contributed by atoms with E-state index >= 15 is 0 Å². The van der Waals surface area contributed by atoms with E-state index in [1.54, 1.807) is 42.5 Å². The number of rotatable bonds is 2. The molecule has 0 atom stereocenters. The van der Waals surface area contributed by atoms with Crippen molar-refractivity contribution in [1.29, 1.82) is 0 Å². The minimum atomic E-state index is -0.983. The lowest BCUT2D eigenvalue weighted by Gasteiger charge is -2.09. The van der Waals surface area contributed by atoms with Gasteiger partial charge in [0.05, 0.1) is 28.5 Å². The summed E-state index contributed by atoms with van der Waals surface area (Å²) >= 11 is 0. The maximum absolute atomic E-state index is 11.7. The Kier molecular flexibility index (Phi) is 3.28. The Balaban J connectivity index is 2.22. The quantitative estimate of drug-likeness (QED) is 0.287. The summed E-state index contributed by atoms with van der Waals surface area (Å²) in [5, 5.41) is 11.2. The lowest BCUT2D eigenvalue weighted by molar-refractivity contribution is 0.0698. The minimum Gasteiger partial charge on any atom is -0.478 e. The second kappa shape index (κ2) is 5.49. The number of anilines is 2. The van der Waals surface area contributed by atoms with Crippen LogP contribution >= 0.6 is 0 Å².